The van der Waals surface area contributed by atoms with Gasteiger partial charge in [-0.1, -0.05) is 12.8 Å². The molecule has 2 heterocycles. The summed E-state index contributed by atoms with van der Waals surface area (Å²) in [5, 5.41) is 9.25. The van der Waals surface area contributed by atoms with Gasteiger partial charge in [-0.15, -0.1) is 0 Å². The number of carboxylic acids is 1. The number of amides is 2. The Morgan fingerprint density at radius 2 is 1.62 bits per heavy atom. The second-order valence-electron chi connectivity index (χ2n) is 7.73. The van der Waals surface area contributed by atoms with Crippen LogP contribution in [0.5, 0.6) is 0 Å². The maximum Gasteiger partial charge on any atom is 0.309 e. The predicted octanol–water partition coefficient (Wildman–Crippen LogP) is 0.583. The Hall–Kier alpha value is -1.96. The number of carbonyl (C=O) groups excluding carboxylic acids is 3. The van der Waals surface area contributed by atoms with E-state index < -0.39 is 23.8 Å². The van der Waals surface area contributed by atoms with Crippen LogP contribution in [0.2, 0.25) is 0 Å². The van der Waals surface area contributed by atoms with Crippen molar-refractivity contribution in [2.45, 2.75) is 50.7 Å². The van der Waals surface area contributed by atoms with E-state index in [-0.39, 0.29) is 49.0 Å². The van der Waals surface area contributed by atoms with Gasteiger partial charge in [0, 0.05) is 0 Å². The second-order valence-corrected chi connectivity index (χ2v) is 7.73. The van der Waals surface area contributed by atoms with Gasteiger partial charge in [0.1, 0.15) is 6.61 Å². The third kappa shape index (κ3) is 3.00. The summed E-state index contributed by atoms with van der Waals surface area (Å²) < 4.78 is 10.6. The first-order valence-electron chi connectivity index (χ1n) is 9.37. The molecule has 4 rings (SSSR count). The fraction of sp³-hybridized carbons (Fsp3) is 0.778. The molecule has 8 heteroatoms. The maximum atomic E-state index is 12.5. The molecule has 0 bridgehead atoms. The van der Waals surface area contributed by atoms with Crippen molar-refractivity contribution < 1.29 is 33.8 Å². The molecule has 142 valence electrons. The molecule has 26 heavy (non-hydrogen) atoms. The molecule has 0 spiro atoms. The molecular weight excluding hydrogens is 342 g/mol. The van der Waals surface area contributed by atoms with E-state index in [1.54, 1.807) is 0 Å². The lowest BCUT2D eigenvalue weighted by molar-refractivity contribution is -0.160. The molecule has 6 unspecified atom stereocenters. The lowest BCUT2D eigenvalue weighted by Gasteiger charge is -2.27. The van der Waals surface area contributed by atoms with Gasteiger partial charge in [-0.3, -0.25) is 24.1 Å². The number of fused-ring (bicyclic) bond motifs is 2. The van der Waals surface area contributed by atoms with E-state index in [0.29, 0.717) is 25.7 Å². The smallest absolute Gasteiger partial charge is 0.309 e. The average Bonchev–Trinajstić information content (AvgIpc) is 3.37. The van der Waals surface area contributed by atoms with Gasteiger partial charge in [-0.05, 0) is 25.7 Å². The number of hydrogen-bond donors (Lipinski definition) is 1. The normalized spacial score (nSPS) is 38.5. The predicted molar refractivity (Wildman–Crippen MR) is 85.6 cm³/mol. The quantitative estimate of drug-likeness (QED) is 0.431. The lowest BCUT2D eigenvalue weighted by atomic mass is 9.79. The van der Waals surface area contributed by atoms with Crippen LogP contribution in [0, 0.1) is 23.7 Å². The van der Waals surface area contributed by atoms with Crippen molar-refractivity contribution in [3.8, 4) is 0 Å². The summed E-state index contributed by atoms with van der Waals surface area (Å²) in [7, 11) is 0. The molecule has 0 aromatic rings. The zero-order valence-corrected chi connectivity index (χ0v) is 14.5. The van der Waals surface area contributed by atoms with E-state index in [1.165, 1.54) is 4.90 Å². The summed E-state index contributed by atoms with van der Waals surface area (Å²) >= 11 is 0. The van der Waals surface area contributed by atoms with Gasteiger partial charge in [0.15, 0.2) is 0 Å². The Morgan fingerprint density at radius 3 is 2.19 bits per heavy atom. The van der Waals surface area contributed by atoms with Gasteiger partial charge in [0.25, 0.3) is 0 Å². The van der Waals surface area contributed by atoms with E-state index in [2.05, 4.69) is 0 Å². The van der Waals surface area contributed by atoms with Gasteiger partial charge in [-0.25, -0.2) is 0 Å². The molecule has 8 nitrogen and oxygen atoms in total. The zero-order chi connectivity index (χ0) is 18.4. The maximum absolute atomic E-state index is 12.5. The molecule has 0 aromatic carbocycles. The summed E-state index contributed by atoms with van der Waals surface area (Å²) in [6.45, 7) is -0.0427. The van der Waals surface area contributed by atoms with Crippen molar-refractivity contribution in [3.63, 3.8) is 0 Å². The van der Waals surface area contributed by atoms with Gasteiger partial charge >= 0.3 is 11.9 Å². The lowest BCUT2D eigenvalue weighted by Crippen LogP contribution is -2.37. The number of hydrogen-bond acceptors (Lipinski definition) is 6. The molecule has 0 aromatic heterocycles. The number of imide groups is 1. The summed E-state index contributed by atoms with van der Waals surface area (Å²) in [5.74, 6) is -3.88. The molecule has 2 aliphatic carbocycles. The van der Waals surface area contributed by atoms with Crippen molar-refractivity contribution in [2.24, 2.45) is 23.7 Å². The first-order valence-corrected chi connectivity index (χ1v) is 9.37. The highest BCUT2D eigenvalue weighted by atomic mass is 16.6. The van der Waals surface area contributed by atoms with Crippen molar-refractivity contribution in [1.82, 2.24) is 4.90 Å². The summed E-state index contributed by atoms with van der Waals surface area (Å²) in [5.41, 5.74) is 0. The average molecular weight is 365 g/mol. The zero-order valence-electron chi connectivity index (χ0n) is 14.5. The molecule has 4 aliphatic rings. The van der Waals surface area contributed by atoms with Crippen LogP contribution in [-0.4, -0.2) is 59.1 Å². The Labute approximate surface area is 150 Å². The number of rotatable bonds is 5. The molecule has 2 saturated heterocycles. The minimum atomic E-state index is -0.971. The van der Waals surface area contributed by atoms with E-state index in [4.69, 9.17) is 9.47 Å². The van der Waals surface area contributed by atoms with Gasteiger partial charge < -0.3 is 14.6 Å². The van der Waals surface area contributed by atoms with E-state index >= 15 is 0 Å². The number of nitrogens with zero attached hydrogens (tertiary/aromatic N) is 1. The molecule has 2 aliphatic heterocycles. The SMILES string of the molecule is O=C(O)C1CCCCC1C(=O)OCCN1C(=O)C2CC3OC3CC2C1=O. The largest absolute Gasteiger partial charge is 0.481 e. The summed E-state index contributed by atoms with van der Waals surface area (Å²) in [6, 6.07) is 0. The van der Waals surface area contributed by atoms with Crippen molar-refractivity contribution in [3.05, 3.63) is 0 Å². The van der Waals surface area contributed by atoms with Crippen LogP contribution in [0.25, 0.3) is 0 Å². The fourth-order valence-corrected chi connectivity index (χ4v) is 4.75. The van der Waals surface area contributed by atoms with Crippen LogP contribution in [0.1, 0.15) is 38.5 Å². The van der Waals surface area contributed by atoms with Gasteiger partial charge in [-0.2, -0.15) is 0 Å². The first kappa shape index (κ1) is 17.5. The van der Waals surface area contributed by atoms with Gasteiger partial charge in [0.05, 0.1) is 42.4 Å². The van der Waals surface area contributed by atoms with E-state index in [9.17, 15) is 24.3 Å². The molecular formula is C18H23NO7. The molecule has 6 atom stereocenters. The number of carbonyl (C=O) groups is 4. The van der Waals surface area contributed by atoms with Crippen LogP contribution in [0.4, 0.5) is 0 Å². The minimum Gasteiger partial charge on any atom is -0.481 e. The number of carboxylic acid groups (broad SMARTS) is 1. The first-order chi connectivity index (χ1) is 12.5. The molecule has 1 N–H and O–H groups in total. The van der Waals surface area contributed by atoms with Gasteiger partial charge in [0.2, 0.25) is 11.8 Å². The number of esters is 1. The third-order valence-electron chi connectivity index (χ3n) is 6.26. The Morgan fingerprint density at radius 1 is 1.04 bits per heavy atom. The standard InChI is InChI=1S/C18H23NO7/c20-15-11-7-13-14(26-13)8-12(11)16(21)19(15)5-6-25-18(24)10-4-2-1-3-9(10)17(22)23/h9-14H,1-8H2,(H,22,23). The van der Waals surface area contributed by atoms with Crippen LogP contribution in [-0.2, 0) is 28.7 Å². The Kier molecular flexibility index (Phi) is 4.46. The number of aliphatic carboxylic acids is 1. The van der Waals surface area contributed by atoms with Crippen LogP contribution in [0.15, 0.2) is 0 Å². The molecule has 4 fully saturated rings. The van der Waals surface area contributed by atoms with Crippen LogP contribution in [0.3, 0.4) is 0 Å². The summed E-state index contributed by atoms with van der Waals surface area (Å²) in [6.07, 6.45) is 4.01. The van der Waals surface area contributed by atoms with Crippen LogP contribution < -0.4 is 0 Å². The van der Waals surface area contributed by atoms with E-state index in [0.717, 1.165) is 12.8 Å². The molecule has 0 radical (unpaired) electrons. The monoisotopic (exact) mass is 365 g/mol. The molecule has 2 saturated carbocycles. The third-order valence-corrected chi connectivity index (χ3v) is 6.26. The number of ether oxygens (including phenoxy) is 2. The minimum absolute atomic E-state index is 0.0387. The van der Waals surface area contributed by atoms with Crippen molar-refractivity contribution in [1.29, 1.82) is 0 Å². The fourth-order valence-electron chi connectivity index (χ4n) is 4.75. The Balaban J connectivity index is 1.30. The summed E-state index contributed by atoms with van der Waals surface area (Å²) in [4.78, 5) is 49.7. The second kappa shape index (κ2) is 6.64. The molecule has 2 amide bonds. The van der Waals surface area contributed by atoms with Crippen molar-refractivity contribution in [2.75, 3.05) is 13.2 Å². The van der Waals surface area contributed by atoms with Crippen molar-refractivity contribution >= 4 is 23.8 Å². The number of likely N-dealkylation sites (tertiary alicyclic amines) is 1. The highest BCUT2D eigenvalue weighted by Gasteiger charge is 2.58. The highest BCUT2D eigenvalue weighted by Crippen LogP contribution is 2.46. The van der Waals surface area contributed by atoms with E-state index in [1.807, 2.05) is 0 Å². The highest BCUT2D eigenvalue weighted by molar-refractivity contribution is 6.05. The number of epoxide rings is 1. The van der Waals surface area contributed by atoms with Crippen LogP contribution >= 0.6 is 0 Å². The topological polar surface area (TPSA) is 114 Å². The Bertz CT molecular complexity index is 619.